The van der Waals surface area contributed by atoms with Gasteiger partial charge in [0.05, 0.1) is 12.1 Å². The summed E-state index contributed by atoms with van der Waals surface area (Å²) in [5.41, 5.74) is 0.924. The minimum Gasteiger partial charge on any atom is -0.355 e. The van der Waals surface area contributed by atoms with Gasteiger partial charge in [0.2, 0.25) is 5.91 Å². The van der Waals surface area contributed by atoms with Gasteiger partial charge >= 0.3 is 0 Å². The second-order valence-corrected chi connectivity index (χ2v) is 6.07. The third-order valence-corrected chi connectivity index (χ3v) is 3.68. The smallest absolute Gasteiger partial charge is 0.275 e. The van der Waals surface area contributed by atoms with Crippen molar-refractivity contribution in [3.05, 3.63) is 33.8 Å². The Bertz CT molecular complexity index is 538. The van der Waals surface area contributed by atoms with Crippen LogP contribution in [0.2, 0.25) is 10.0 Å². The van der Waals surface area contributed by atoms with E-state index in [-0.39, 0.29) is 18.4 Å². The maximum atomic E-state index is 11.9. The number of carbonyl (C=O) groups excluding carboxylic acids is 2. The van der Waals surface area contributed by atoms with Gasteiger partial charge in [0.1, 0.15) is 12.6 Å². The first-order chi connectivity index (χ1) is 10.3. The molecule has 0 fully saturated rings. The lowest BCUT2D eigenvalue weighted by Crippen LogP contribution is -3.09. The lowest BCUT2D eigenvalue weighted by molar-refractivity contribution is -0.885. The maximum absolute atomic E-state index is 11.9. The Hall–Kier alpha value is -1.30. The Balaban J connectivity index is 2.48. The minimum atomic E-state index is -0.542. The van der Waals surface area contributed by atoms with Gasteiger partial charge in [-0.05, 0) is 26.0 Å². The summed E-state index contributed by atoms with van der Waals surface area (Å²) in [6.07, 6.45) is 0. The van der Waals surface area contributed by atoms with E-state index in [1.54, 1.807) is 19.1 Å². The molecule has 0 heterocycles. The molecule has 22 heavy (non-hydrogen) atoms. The summed E-state index contributed by atoms with van der Waals surface area (Å²) in [7, 11) is 1.89. The molecule has 2 amide bonds. The zero-order chi connectivity index (χ0) is 16.7. The van der Waals surface area contributed by atoms with Gasteiger partial charge in [-0.1, -0.05) is 29.3 Å². The summed E-state index contributed by atoms with van der Waals surface area (Å²) in [6, 6.07) is 4.76. The van der Waals surface area contributed by atoms with Crippen molar-refractivity contribution in [2.45, 2.75) is 26.4 Å². The van der Waals surface area contributed by atoms with Crippen LogP contribution in [0.15, 0.2) is 18.2 Å². The monoisotopic (exact) mass is 346 g/mol. The minimum absolute atomic E-state index is 0.179. The predicted octanol–water partition coefficient (Wildman–Crippen LogP) is 0.649. The molecule has 0 saturated carbocycles. The van der Waals surface area contributed by atoms with Crippen LogP contribution in [0.1, 0.15) is 19.4 Å². The lowest BCUT2D eigenvalue weighted by Gasteiger charge is -2.17. The number of hydrogen-bond donors (Lipinski definition) is 3. The Morgan fingerprint density at radius 2 is 2.00 bits per heavy atom. The van der Waals surface area contributed by atoms with Crippen LogP contribution in [0.4, 0.5) is 0 Å². The van der Waals surface area contributed by atoms with E-state index in [0.29, 0.717) is 23.1 Å². The third kappa shape index (κ3) is 6.22. The van der Waals surface area contributed by atoms with Crippen LogP contribution < -0.4 is 15.5 Å². The number of carbonyl (C=O) groups is 2. The SMILES string of the molecule is CCNC(=O)[C@@H](C)NC(=O)C[NH+](C)Cc1ccc(Cl)cc1Cl. The number of amides is 2. The molecule has 2 atom stereocenters. The number of hydrogen-bond acceptors (Lipinski definition) is 2. The van der Waals surface area contributed by atoms with Crippen LogP contribution >= 0.6 is 23.2 Å². The Morgan fingerprint density at radius 1 is 1.32 bits per heavy atom. The van der Waals surface area contributed by atoms with Gasteiger partial charge < -0.3 is 15.5 Å². The largest absolute Gasteiger partial charge is 0.355 e. The van der Waals surface area contributed by atoms with Crippen molar-refractivity contribution in [3.8, 4) is 0 Å². The van der Waals surface area contributed by atoms with E-state index in [9.17, 15) is 9.59 Å². The van der Waals surface area contributed by atoms with Crippen molar-refractivity contribution in [1.29, 1.82) is 0 Å². The molecule has 0 aliphatic heterocycles. The van der Waals surface area contributed by atoms with E-state index >= 15 is 0 Å². The molecule has 0 aliphatic rings. The van der Waals surface area contributed by atoms with Crippen molar-refractivity contribution in [2.24, 2.45) is 0 Å². The molecule has 0 bridgehead atoms. The van der Waals surface area contributed by atoms with Crippen molar-refractivity contribution < 1.29 is 14.5 Å². The number of quaternary nitrogens is 1. The number of likely N-dealkylation sites (N-methyl/N-ethyl adjacent to an activating group) is 2. The summed E-state index contributed by atoms with van der Waals surface area (Å²) in [5, 5.41) is 6.51. The lowest BCUT2D eigenvalue weighted by atomic mass is 10.2. The molecule has 5 nitrogen and oxygen atoms in total. The van der Waals surface area contributed by atoms with Crippen molar-refractivity contribution in [1.82, 2.24) is 10.6 Å². The van der Waals surface area contributed by atoms with E-state index < -0.39 is 6.04 Å². The van der Waals surface area contributed by atoms with Crippen LogP contribution in [0.3, 0.4) is 0 Å². The molecule has 0 saturated heterocycles. The maximum Gasteiger partial charge on any atom is 0.275 e. The molecular formula is C15H22Cl2N3O2+. The first-order valence-corrected chi connectivity index (χ1v) is 7.91. The van der Waals surface area contributed by atoms with Crippen LogP contribution in [-0.2, 0) is 16.1 Å². The van der Waals surface area contributed by atoms with Crippen molar-refractivity contribution in [2.75, 3.05) is 20.1 Å². The standard InChI is InChI=1S/C15H21Cl2N3O2/c1-4-18-15(22)10(2)19-14(21)9-20(3)8-11-5-6-12(16)7-13(11)17/h5-7,10H,4,8-9H2,1-3H3,(H,18,22)(H,19,21)/p+1/t10-/m1/s1. The van der Waals surface area contributed by atoms with Gasteiger partial charge in [0.25, 0.3) is 5.91 Å². The van der Waals surface area contributed by atoms with E-state index in [1.165, 1.54) is 0 Å². The third-order valence-electron chi connectivity index (χ3n) is 3.09. The highest BCUT2D eigenvalue weighted by Gasteiger charge is 2.18. The topological polar surface area (TPSA) is 62.6 Å². The normalized spacial score (nSPS) is 13.3. The molecule has 1 rings (SSSR count). The number of nitrogens with one attached hydrogen (secondary N) is 3. The zero-order valence-corrected chi connectivity index (χ0v) is 14.5. The summed E-state index contributed by atoms with van der Waals surface area (Å²) < 4.78 is 0. The quantitative estimate of drug-likeness (QED) is 0.678. The van der Waals surface area contributed by atoms with Crippen molar-refractivity contribution in [3.63, 3.8) is 0 Å². The average molecular weight is 347 g/mol. The highest BCUT2D eigenvalue weighted by molar-refractivity contribution is 6.35. The molecule has 0 spiro atoms. The van der Waals surface area contributed by atoms with Crippen LogP contribution in [-0.4, -0.2) is 38.0 Å². The van der Waals surface area contributed by atoms with Gasteiger partial charge in [-0.25, -0.2) is 0 Å². The second-order valence-electron chi connectivity index (χ2n) is 5.23. The van der Waals surface area contributed by atoms with Crippen LogP contribution in [0.5, 0.6) is 0 Å². The fraction of sp³-hybridized carbons (Fsp3) is 0.467. The molecule has 0 radical (unpaired) electrons. The molecule has 3 N–H and O–H groups in total. The van der Waals surface area contributed by atoms with E-state index in [2.05, 4.69) is 10.6 Å². The molecule has 7 heteroatoms. The van der Waals surface area contributed by atoms with Gasteiger partial charge in [-0.2, -0.15) is 0 Å². The average Bonchev–Trinajstić information content (AvgIpc) is 2.42. The summed E-state index contributed by atoms with van der Waals surface area (Å²) in [6.45, 7) is 4.88. The first kappa shape index (κ1) is 18.7. The second kappa shape index (κ2) is 8.98. The summed E-state index contributed by atoms with van der Waals surface area (Å²) >= 11 is 12.0. The number of rotatable bonds is 7. The van der Waals surface area contributed by atoms with Crippen LogP contribution in [0.25, 0.3) is 0 Å². The predicted molar refractivity (Wildman–Crippen MR) is 88.2 cm³/mol. The fourth-order valence-electron chi connectivity index (χ4n) is 2.01. The van der Waals surface area contributed by atoms with Crippen molar-refractivity contribution >= 4 is 35.0 Å². The van der Waals surface area contributed by atoms with Gasteiger partial charge in [-0.3, -0.25) is 9.59 Å². The van der Waals surface area contributed by atoms with Gasteiger partial charge in [0.15, 0.2) is 6.54 Å². The van der Waals surface area contributed by atoms with Crippen LogP contribution in [0, 0.1) is 0 Å². The molecular weight excluding hydrogens is 325 g/mol. The Labute approximate surface area is 141 Å². The highest BCUT2D eigenvalue weighted by atomic mass is 35.5. The van der Waals surface area contributed by atoms with E-state index in [4.69, 9.17) is 23.2 Å². The van der Waals surface area contributed by atoms with E-state index in [0.717, 1.165) is 10.5 Å². The molecule has 122 valence electrons. The first-order valence-electron chi connectivity index (χ1n) is 7.15. The Morgan fingerprint density at radius 3 is 2.59 bits per heavy atom. The summed E-state index contributed by atoms with van der Waals surface area (Å²) in [5.74, 6) is -0.365. The Kier molecular flexibility index (Phi) is 7.65. The summed E-state index contributed by atoms with van der Waals surface area (Å²) in [4.78, 5) is 24.5. The zero-order valence-electron chi connectivity index (χ0n) is 13.0. The highest BCUT2D eigenvalue weighted by Crippen LogP contribution is 2.19. The number of halogens is 2. The molecule has 1 aromatic rings. The van der Waals surface area contributed by atoms with Gasteiger partial charge in [0, 0.05) is 17.1 Å². The molecule has 1 unspecified atom stereocenters. The molecule has 0 aliphatic carbocycles. The van der Waals surface area contributed by atoms with E-state index in [1.807, 2.05) is 20.0 Å². The number of benzene rings is 1. The molecule has 1 aromatic carbocycles. The molecule has 0 aromatic heterocycles. The fourth-order valence-corrected chi connectivity index (χ4v) is 2.49. The van der Waals surface area contributed by atoms with Gasteiger partial charge in [-0.15, -0.1) is 0 Å².